The molecule has 1 aliphatic rings. The van der Waals surface area contributed by atoms with Gasteiger partial charge in [-0.2, -0.15) is 0 Å². The molecule has 0 saturated carbocycles. The van der Waals surface area contributed by atoms with E-state index in [1.807, 2.05) is 0 Å². The van der Waals surface area contributed by atoms with Crippen LogP contribution in [0, 0.1) is 0 Å². The van der Waals surface area contributed by atoms with Gasteiger partial charge in [-0.05, 0) is 44.1 Å². The normalized spacial score (nSPS) is 16.9. The van der Waals surface area contributed by atoms with Crippen LogP contribution in [0.1, 0.15) is 12.8 Å². The van der Waals surface area contributed by atoms with Gasteiger partial charge in [0, 0.05) is 17.6 Å². The average molecular weight is 368 g/mol. The van der Waals surface area contributed by atoms with Gasteiger partial charge in [-0.25, -0.2) is 13.1 Å². The first-order chi connectivity index (χ1) is 8.99. The molecule has 1 aromatic carbocycles. The summed E-state index contributed by atoms with van der Waals surface area (Å²) >= 11 is 9.21. The van der Waals surface area contributed by atoms with Gasteiger partial charge in [0.15, 0.2) is 0 Å². The van der Waals surface area contributed by atoms with E-state index in [1.54, 1.807) is 12.1 Å². The Kier molecular flexibility index (Phi) is 5.25. The second-order valence-corrected chi connectivity index (χ2v) is 7.58. The molecule has 0 aromatic heterocycles. The Morgan fingerprint density at radius 3 is 2.63 bits per heavy atom. The Bertz CT molecular complexity index is 545. The number of rotatable bonds is 5. The molecule has 19 heavy (non-hydrogen) atoms. The van der Waals surface area contributed by atoms with Crippen molar-refractivity contribution >= 4 is 37.6 Å². The molecule has 1 fully saturated rings. The van der Waals surface area contributed by atoms with E-state index in [4.69, 9.17) is 11.6 Å². The maximum absolute atomic E-state index is 12.1. The highest BCUT2D eigenvalue weighted by atomic mass is 79.9. The summed E-state index contributed by atoms with van der Waals surface area (Å²) in [7, 11) is -3.53. The molecule has 1 aromatic rings. The fourth-order valence-corrected chi connectivity index (χ4v) is 4.17. The minimum Gasteiger partial charge on any atom is -0.302 e. The van der Waals surface area contributed by atoms with E-state index in [0.29, 0.717) is 6.54 Å². The van der Waals surface area contributed by atoms with E-state index >= 15 is 0 Å². The number of halogens is 2. The number of nitrogens with one attached hydrogen (secondary N) is 1. The third-order valence-electron chi connectivity index (χ3n) is 3.10. The van der Waals surface area contributed by atoms with Crippen molar-refractivity contribution in [3.05, 3.63) is 27.7 Å². The molecule has 4 nitrogen and oxygen atoms in total. The number of sulfonamides is 1. The number of benzene rings is 1. The van der Waals surface area contributed by atoms with Gasteiger partial charge in [-0.3, -0.25) is 0 Å². The molecule has 0 amide bonds. The zero-order chi connectivity index (χ0) is 13.9. The van der Waals surface area contributed by atoms with Crippen LogP contribution in [0.4, 0.5) is 0 Å². The highest BCUT2D eigenvalue weighted by Gasteiger charge is 2.18. The molecule has 0 atom stereocenters. The summed E-state index contributed by atoms with van der Waals surface area (Å²) in [5.74, 6) is 0. The maximum atomic E-state index is 12.1. The molecule has 1 heterocycles. The topological polar surface area (TPSA) is 49.4 Å². The van der Waals surface area contributed by atoms with Crippen molar-refractivity contribution in [1.29, 1.82) is 0 Å². The van der Waals surface area contributed by atoms with E-state index in [0.717, 1.165) is 24.1 Å². The van der Waals surface area contributed by atoms with Crippen molar-refractivity contribution in [2.45, 2.75) is 17.7 Å². The first-order valence-corrected chi connectivity index (χ1v) is 8.81. The lowest BCUT2D eigenvalue weighted by atomic mass is 10.4. The molecule has 0 aliphatic carbocycles. The highest BCUT2D eigenvalue weighted by molar-refractivity contribution is 9.10. The highest BCUT2D eigenvalue weighted by Crippen LogP contribution is 2.24. The monoisotopic (exact) mass is 366 g/mol. The van der Waals surface area contributed by atoms with Crippen molar-refractivity contribution in [2.75, 3.05) is 26.2 Å². The minimum absolute atomic E-state index is 0.124. The molecular weight excluding hydrogens is 352 g/mol. The lowest BCUT2D eigenvalue weighted by molar-refractivity contribution is 0.344. The van der Waals surface area contributed by atoms with Crippen molar-refractivity contribution in [2.24, 2.45) is 0 Å². The molecule has 1 N–H and O–H groups in total. The first kappa shape index (κ1) is 15.3. The second-order valence-electron chi connectivity index (χ2n) is 4.52. The van der Waals surface area contributed by atoms with Gasteiger partial charge in [-0.1, -0.05) is 27.5 Å². The lowest BCUT2D eigenvalue weighted by Gasteiger charge is -2.15. The van der Waals surface area contributed by atoms with Gasteiger partial charge in [-0.15, -0.1) is 0 Å². The van der Waals surface area contributed by atoms with Gasteiger partial charge in [0.25, 0.3) is 0 Å². The Hall–Kier alpha value is -0.140. The predicted octanol–water partition coefficient (Wildman–Crippen LogP) is 2.48. The third-order valence-corrected chi connectivity index (χ3v) is 5.54. The van der Waals surface area contributed by atoms with Gasteiger partial charge in [0.1, 0.15) is 4.90 Å². The van der Waals surface area contributed by atoms with Crippen molar-refractivity contribution in [3.8, 4) is 0 Å². The van der Waals surface area contributed by atoms with Crippen LogP contribution in [0.5, 0.6) is 0 Å². The lowest BCUT2D eigenvalue weighted by Crippen LogP contribution is -2.33. The standard InChI is InChI=1S/C12H16BrClN2O2S/c13-10-3-4-12(11(14)9-10)19(17,18)15-5-8-16-6-1-2-7-16/h3-4,9,15H,1-2,5-8H2. The second kappa shape index (κ2) is 6.54. The zero-order valence-electron chi connectivity index (χ0n) is 10.4. The van der Waals surface area contributed by atoms with Crippen LogP contribution in [0.2, 0.25) is 5.02 Å². The van der Waals surface area contributed by atoms with E-state index in [1.165, 1.54) is 18.9 Å². The van der Waals surface area contributed by atoms with Crippen LogP contribution in [0.25, 0.3) is 0 Å². The Morgan fingerprint density at radius 2 is 2.00 bits per heavy atom. The largest absolute Gasteiger partial charge is 0.302 e. The van der Waals surface area contributed by atoms with Crippen molar-refractivity contribution in [1.82, 2.24) is 9.62 Å². The minimum atomic E-state index is -3.53. The predicted molar refractivity (Wildman–Crippen MR) is 80.0 cm³/mol. The average Bonchev–Trinajstić information content (AvgIpc) is 2.81. The van der Waals surface area contributed by atoms with Crippen LogP contribution in [0.15, 0.2) is 27.6 Å². The summed E-state index contributed by atoms with van der Waals surface area (Å²) in [6, 6.07) is 4.75. The SMILES string of the molecule is O=S(=O)(NCCN1CCCC1)c1ccc(Br)cc1Cl. The Balaban J connectivity index is 1.97. The summed E-state index contributed by atoms with van der Waals surface area (Å²) in [5, 5.41) is 0.225. The van der Waals surface area contributed by atoms with Crippen LogP contribution in [0.3, 0.4) is 0 Å². The number of hydrogen-bond acceptors (Lipinski definition) is 3. The Labute approximate surface area is 127 Å². The molecular formula is C12H16BrClN2O2S. The molecule has 106 valence electrons. The smallest absolute Gasteiger partial charge is 0.242 e. The fraction of sp³-hybridized carbons (Fsp3) is 0.500. The summed E-state index contributed by atoms with van der Waals surface area (Å²) in [6.45, 7) is 3.27. The maximum Gasteiger partial charge on any atom is 0.242 e. The van der Waals surface area contributed by atoms with Gasteiger partial charge < -0.3 is 4.90 Å². The van der Waals surface area contributed by atoms with Gasteiger partial charge >= 0.3 is 0 Å². The van der Waals surface area contributed by atoms with E-state index < -0.39 is 10.0 Å². The van der Waals surface area contributed by atoms with Crippen molar-refractivity contribution < 1.29 is 8.42 Å². The van der Waals surface area contributed by atoms with Gasteiger partial charge in [0.05, 0.1) is 5.02 Å². The van der Waals surface area contributed by atoms with Crippen LogP contribution in [-0.2, 0) is 10.0 Å². The molecule has 0 spiro atoms. The summed E-state index contributed by atoms with van der Waals surface area (Å²) in [6.07, 6.45) is 2.40. The molecule has 2 rings (SSSR count). The summed E-state index contributed by atoms with van der Waals surface area (Å²) in [4.78, 5) is 2.38. The fourth-order valence-electron chi connectivity index (χ4n) is 2.12. The first-order valence-electron chi connectivity index (χ1n) is 6.16. The molecule has 0 unspecified atom stereocenters. The summed E-state index contributed by atoms with van der Waals surface area (Å²) in [5.41, 5.74) is 0. The molecule has 7 heteroatoms. The summed E-state index contributed by atoms with van der Waals surface area (Å²) < 4.78 is 27.6. The van der Waals surface area contributed by atoms with Gasteiger partial charge in [0.2, 0.25) is 10.0 Å². The van der Waals surface area contributed by atoms with Crippen LogP contribution < -0.4 is 4.72 Å². The number of hydrogen-bond donors (Lipinski definition) is 1. The third kappa shape index (κ3) is 4.16. The quantitative estimate of drug-likeness (QED) is 0.870. The van der Waals surface area contributed by atoms with E-state index in [-0.39, 0.29) is 9.92 Å². The van der Waals surface area contributed by atoms with E-state index in [9.17, 15) is 8.42 Å². The molecule has 0 radical (unpaired) electrons. The van der Waals surface area contributed by atoms with Crippen LogP contribution in [-0.4, -0.2) is 39.5 Å². The van der Waals surface area contributed by atoms with Crippen LogP contribution >= 0.6 is 27.5 Å². The van der Waals surface area contributed by atoms with Crippen molar-refractivity contribution in [3.63, 3.8) is 0 Å². The zero-order valence-corrected chi connectivity index (χ0v) is 13.6. The van der Waals surface area contributed by atoms with E-state index in [2.05, 4.69) is 25.6 Å². The molecule has 1 aliphatic heterocycles. The number of nitrogens with zero attached hydrogens (tertiary/aromatic N) is 1. The Morgan fingerprint density at radius 1 is 1.32 bits per heavy atom. The molecule has 0 bridgehead atoms. The number of likely N-dealkylation sites (tertiary alicyclic amines) is 1. The molecule has 1 saturated heterocycles.